The zero-order valence-electron chi connectivity index (χ0n) is 16.7. The molecule has 3 rings (SSSR count). The first-order valence-electron chi connectivity index (χ1n) is 9.99. The Hall–Kier alpha value is -2.47. The lowest BCUT2D eigenvalue weighted by Gasteiger charge is -2.27. The van der Waals surface area contributed by atoms with Crippen molar-refractivity contribution in [1.82, 2.24) is 14.9 Å². The number of hydrogen-bond acceptors (Lipinski definition) is 4. The Morgan fingerprint density at radius 1 is 1.25 bits per heavy atom. The number of aryl methyl sites for hydroxylation is 1. The van der Waals surface area contributed by atoms with Crippen molar-refractivity contribution >= 4 is 5.91 Å². The molecule has 0 unspecified atom stereocenters. The summed E-state index contributed by atoms with van der Waals surface area (Å²) in [4.78, 5) is 29.6. The van der Waals surface area contributed by atoms with Gasteiger partial charge in [-0.15, -0.1) is 0 Å². The maximum atomic E-state index is 12.9. The Balaban J connectivity index is 1.88. The van der Waals surface area contributed by atoms with Crippen LogP contribution in [-0.2, 0) is 24.4 Å². The maximum Gasteiger partial charge on any atom is 0.257 e. The minimum atomic E-state index is -0.355. The van der Waals surface area contributed by atoms with Gasteiger partial charge in [-0.25, -0.2) is 0 Å². The van der Waals surface area contributed by atoms with Crippen molar-refractivity contribution in [3.63, 3.8) is 0 Å². The third kappa shape index (κ3) is 4.87. The normalized spacial score (nSPS) is 14.8. The van der Waals surface area contributed by atoms with Crippen LogP contribution in [0.15, 0.2) is 35.4 Å². The number of ether oxygens (including phenoxy) is 1. The molecule has 0 saturated heterocycles. The average molecular weight is 383 g/mol. The largest absolute Gasteiger partial charge is 0.378 e. The van der Waals surface area contributed by atoms with Crippen molar-refractivity contribution in [3.8, 4) is 0 Å². The summed E-state index contributed by atoms with van der Waals surface area (Å²) in [5.41, 5.74) is 2.43. The highest BCUT2D eigenvalue weighted by Gasteiger charge is 2.22. The predicted molar refractivity (Wildman–Crippen MR) is 108 cm³/mol. The fourth-order valence-electron chi connectivity index (χ4n) is 4.01. The Labute approximate surface area is 165 Å². The number of methoxy groups -OCH3 is 1. The van der Waals surface area contributed by atoms with Crippen LogP contribution in [-0.4, -0.2) is 22.6 Å². The minimum Gasteiger partial charge on any atom is -0.378 e. The van der Waals surface area contributed by atoms with E-state index in [1.54, 1.807) is 25.6 Å². The predicted octanol–water partition coefficient (Wildman–Crippen LogP) is 3.21. The number of nitrogens with one attached hydrogen (secondary N) is 1. The Morgan fingerprint density at radius 3 is 2.64 bits per heavy atom. The van der Waals surface area contributed by atoms with Crippen molar-refractivity contribution < 1.29 is 9.53 Å². The van der Waals surface area contributed by atoms with Crippen LogP contribution >= 0.6 is 0 Å². The van der Waals surface area contributed by atoms with Gasteiger partial charge < -0.3 is 14.6 Å². The summed E-state index contributed by atoms with van der Waals surface area (Å²) in [5, 5.41) is 2.87. The first kappa shape index (κ1) is 20.3. The zero-order chi connectivity index (χ0) is 19.9. The molecule has 1 aliphatic rings. The standard InChI is InChI=1S/C22H29N3O3/c1-16-12-20(26)21(22(27)24-13-17-8-10-23-11-9-17)19(15-28-2)25(16)14-18-6-4-3-5-7-18/h8-12,18H,3-7,13-15H2,1-2H3,(H,24,27). The number of rotatable bonds is 7. The van der Waals surface area contributed by atoms with Crippen molar-refractivity contribution in [2.75, 3.05) is 7.11 Å². The molecule has 6 nitrogen and oxygen atoms in total. The molecule has 1 N–H and O–H groups in total. The van der Waals surface area contributed by atoms with E-state index in [4.69, 9.17) is 4.74 Å². The maximum absolute atomic E-state index is 12.9. The average Bonchev–Trinajstić information content (AvgIpc) is 2.71. The van der Waals surface area contributed by atoms with Gasteiger partial charge in [-0.3, -0.25) is 14.6 Å². The number of carbonyl (C=O) groups is 1. The lowest BCUT2D eigenvalue weighted by molar-refractivity contribution is 0.0941. The molecule has 28 heavy (non-hydrogen) atoms. The molecule has 2 aromatic heterocycles. The molecule has 0 radical (unpaired) electrons. The second-order valence-corrected chi connectivity index (χ2v) is 7.56. The summed E-state index contributed by atoms with van der Waals surface area (Å²) in [6, 6.07) is 5.25. The number of amides is 1. The third-order valence-electron chi connectivity index (χ3n) is 5.50. The molecule has 2 aromatic rings. The summed E-state index contributed by atoms with van der Waals surface area (Å²) in [7, 11) is 1.59. The van der Waals surface area contributed by atoms with Gasteiger partial charge in [0.2, 0.25) is 0 Å². The van der Waals surface area contributed by atoms with E-state index in [1.807, 2.05) is 19.1 Å². The monoisotopic (exact) mass is 383 g/mol. The van der Waals surface area contributed by atoms with E-state index in [0.29, 0.717) is 18.2 Å². The summed E-state index contributed by atoms with van der Waals surface area (Å²) in [5.74, 6) is 0.226. The molecule has 6 heteroatoms. The molecule has 0 aromatic carbocycles. The van der Waals surface area contributed by atoms with Gasteiger partial charge in [-0.05, 0) is 43.4 Å². The molecule has 1 fully saturated rings. The van der Waals surface area contributed by atoms with Crippen LogP contribution in [0.1, 0.15) is 59.4 Å². The van der Waals surface area contributed by atoms with E-state index < -0.39 is 0 Å². The van der Waals surface area contributed by atoms with Gasteiger partial charge in [0.05, 0.1) is 12.3 Å². The van der Waals surface area contributed by atoms with Crippen molar-refractivity contribution in [1.29, 1.82) is 0 Å². The fraction of sp³-hybridized carbons (Fsp3) is 0.500. The van der Waals surface area contributed by atoms with Crippen LogP contribution < -0.4 is 10.7 Å². The quantitative estimate of drug-likeness (QED) is 0.797. The molecule has 0 aliphatic heterocycles. The van der Waals surface area contributed by atoms with Gasteiger partial charge in [-0.1, -0.05) is 19.3 Å². The molecule has 1 saturated carbocycles. The first-order valence-corrected chi connectivity index (χ1v) is 9.99. The smallest absolute Gasteiger partial charge is 0.257 e. The summed E-state index contributed by atoms with van der Waals surface area (Å²) >= 11 is 0. The lowest BCUT2D eigenvalue weighted by Crippen LogP contribution is -2.33. The number of nitrogens with zero attached hydrogens (tertiary/aromatic N) is 2. The highest BCUT2D eigenvalue weighted by molar-refractivity contribution is 5.95. The molecule has 150 valence electrons. The van der Waals surface area contributed by atoms with Crippen molar-refractivity contribution in [2.24, 2.45) is 5.92 Å². The number of hydrogen-bond donors (Lipinski definition) is 1. The summed E-state index contributed by atoms with van der Waals surface area (Å²) < 4.78 is 7.49. The Bertz CT molecular complexity index is 855. The van der Waals surface area contributed by atoms with Gasteiger partial charge in [0, 0.05) is 44.4 Å². The number of aromatic nitrogens is 2. The summed E-state index contributed by atoms with van der Waals surface area (Å²) in [6.45, 7) is 3.35. The molecule has 0 spiro atoms. The second-order valence-electron chi connectivity index (χ2n) is 7.56. The van der Waals surface area contributed by atoms with Gasteiger partial charge in [0.1, 0.15) is 5.56 Å². The number of carbonyl (C=O) groups excluding carboxylic acids is 1. The van der Waals surface area contributed by atoms with Gasteiger partial charge >= 0.3 is 0 Å². The highest BCUT2D eigenvalue weighted by atomic mass is 16.5. The topological polar surface area (TPSA) is 73.2 Å². The van der Waals surface area contributed by atoms with Gasteiger partial charge in [0.15, 0.2) is 5.43 Å². The van der Waals surface area contributed by atoms with Gasteiger partial charge in [0.25, 0.3) is 5.91 Å². The van der Waals surface area contributed by atoms with E-state index in [2.05, 4.69) is 14.9 Å². The van der Waals surface area contributed by atoms with Crippen LogP contribution in [0.3, 0.4) is 0 Å². The van der Waals surface area contributed by atoms with Crippen molar-refractivity contribution in [3.05, 3.63) is 63.3 Å². The lowest BCUT2D eigenvalue weighted by atomic mass is 9.89. The Kier molecular flexibility index (Phi) is 6.98. The van der Waals surface area contributed by atoms with E-state index in [0.717, 1.165) is 17.8 Å². The zero-order valence-corrected chi connectivity index (χ0v) is 16.7. The second kappa shape index (κ2) is 9.64. The molecule has 1 aliphatic carbocycles. The van der Waals surface area contributed by atoms with E-state index in [9.17, 15) is 9.59 Å². The van der Waals surface area contributed by atoms with Crippen LogP contribution in [0.5, 0.6) is 0 Å². The highest BCUT2D eigenvalue weighted by Crippen LogP contribution is 2.26. The van der Waals surface area contributed by atoms with Crippen molar-refractivity contribution in [2.45, 2.75) is 58.7 Å². The molecule has 0 bridgehead atoms. The molecular weight excluding hydrogens is 354 g/mol. The summed E-state index contributed by atoms with van der Waals surface area (Å²) in [6.07, 6.45) is 9.56. The fourth-order valence-corrected chi connectivity index (χ4v) is 4.01. The Morgan fingerprint density at radius 2 is 1.96 bits per heavy atom. The third-order valence-corrected chi connectivity index (χ3v) is 5.50. The van der Waals surface area contributed by atoms with E-state index in [-0.39, 0.29) is 23.5 Å². The number of pyridine rings is 2. The van der Waals surface area contributed by atoms with Crippen LogP contribution in [0.2, 0.25) is 0 Å². The molecule has 1 amide bonds. The first-order chi connectivity index (χ1) is 13.6. The SMILES string of the molecule is COCc1c(C(=O)NCc2ccncc2)c(=O)cc(C)n1CC1CCCCC1. The van der Waals surface area contributed by atoms with Crippen LogP contribution in [0.25, 0.3) is 0 Å². The van der Waals surface area contributed by atoms with Crippen LogP contribution in [0, 0.1) is 12.8 Å². The molecule has 2 heterocycles. The molecular formula is C22H29N3O3. The van der Waals surface area contributed by atoms with E-state index in [1.165, 1.54) is 32.1 Å². The van der Waals surface area contributed by atoms with Crippen LogP contribution in [0.4, 0.5) is 0 Å². The van der Waals surface area contributed by atoms with Gasteiger partial charge in [-0.2, -0.15) is 0 Å². The van der Waals surface area contributed by atoms with E-state index >= 15 is 0 Å². The molecule has 0 atom stereocenters. The minimum absolute atomic E-state index is 0.192.